The molecule has 8 bridgehead atoms. The molecule has 0 aliphatic carbocycles. The van der Waals surface area contributed by atoms with E-state index in [0.717, 1.165) is 72.7 Å². The van der Waals surface area contributed by atoms with Gasteiger partial charge in [0, 0.05) is 27.6 Å². The summed E-state index contributed by atoms with van der Waals surface area (Å²) in [6, 6.07) is 27.7. The number of nitrogens with one attached hydrogen (secondary N) is 2. The summed E-state index contributed by atoms with van der Waals surface area (Å²) < 4.78 is 0. The van der Waals surface area contributed by atoms with Gasteiger partial charge in [-0.05, 0) is 114 Å². The second kappa shape index (κ2) is 9.36. The lowest BCUT2D eigenvalue weighted by molar-refractivity contribution is 0.0697. The third-order valence-corrected chi connectivity index (χ3v) is 7.19. The van der Waals surface area contributed by atoms with Crippen molar-refractivity contribution in [2.75, 3.05) is 0 Å². The van der Waals surface area contributed by atoms with Gasteiger partial charge < -0.3 is 15.1 Å². The first-order valence-electron chi connectivity index (χ1n) is 13.0. The molecule has 0 fully saturated rings. The van der Waals surface area contributed by atoms with Gasteiger partial charge in [-0.1, -0.05) is 24.3 Å². The number of rotatable bonds is 3. The molecule has 6 nitrogen and oxygen atoms in total. The first-order chi connectivity index (χ1) is 19.5. The van der Waals surface area contributed by atoms with Crippen LogP contribution in [-0.4, -0.2) is 31.0 Å². The predicted molar refractivity (Wildman–Crippen MR) is 161 cm³/mol. The molecule has 6 heteroatoms. The molecule has 5 aromatic rings. The fraction of sp³-hybridized carbons (Fsp3) is 0.0294. The third kappa shape index (κ3) is 4.41. The molecule has 0 amide bonds. The van der Waals surface area contributed by atoms with Gasteiger partial charge in [0.1, 0.15) is 0 Å². The van der Waals surface area contributed by atoms with E-state index in [0.29, 0.717) is 0 Å². The molecule has 0 saturated carbocycles. The minimum Gasteiger partial charge on any atom is -0.478 e. The van der Waals surface area contributed by atoms with Crippen molar-refractivity contribution >= 4 is 52.3 Å². The van der Waals surface area contributed by atoms with E-state index in [2.05, 4.69) is 47.2 Å². The first-order valence-corrected chi connectivity index (χ1v) is 13.0. The number of H-pyrrole nitrogens is 2. The average Bonchev–Trinajstić information content (AvgIpc) is 3.76. The number of benzene rings is 2. The highest BCUT2D eigenvalue weighted by atomic mass is 16.4. The van der Waals surface area contributed by atoms with Crippen molar-refractivity contribution in [3.63, 3.8) is 0 Å². The molecule has 2 aromatic carbocycles. The smallest absolute Gasteiger partial charge is 0.335 e. The van der Waals surface area contributed by atoms with Crippen molar-refractivity contribution < 1.29 is 9.90 Å². The molecule has 2 aliphatic rings. The van der Waals surface area contributed by atoms with Gasteiger partial charge in [-0.15, -0.1) is 0 Å². The van der Waals surface area contributed by atoms with Crippen LogP contribution in [0.15, 0.2) is 84.9 Å². The molecule has 7 rings (SSSR count). The van der Waals surface area contributed by atoms with Crippen LogP contribution in [0.5, 0.6) is 0 Å². The summed E-state index contributed by atoms with van der Waals surface area (Å²) in [6.07, 6.45) is 8.10. The SMILES string of the molecule is Cc1ccc(-c2c3nc(cc4ccc(cc5nc(cc6ccc2[nH]6)C=C5)[nH]4)C=C3)cc1-c1ccc(C(=O)O)cc1. The normalized spacial score (nSPS) is 12.1. The molecular weight excluding hydrogens is 496 g/mol. The van der Waals surface area contributed by atoms with E-state index in [1.54, 1.807) is 12.1 Å². The Morgan fingerprint density at radius 2 is 1.25 bits per heavy atom. The molecule has 0 spiro atoms. The van der Waals surface area contributed by atoms with E-state index in [9.17, 15) is 9.90 Å². The second-order valence-corrected chi connectivity index (χ2v) is 9.97. The van der Waals surface area contributed by atoms with Crippen LogP contribution in [0, 0.1) is 6.92 Å². The zero-order valence-electron chi connectivity index (χ0n) is 21.6. The van der Waals surface area contributed by atoms with Gasteiger partial charge in [0.15, 0.2) is 0 Å². The average molecular weight is 521 g/mol. The summed E-state index contributed by atoms with van der Waals surface area (Å²) in [6.45, 7) is 2.06. The van der Waals surface area contributed by atoms with Crippen LogP contribution in [0.4, 0.5) is 0 Å². The Labute approximate surface area is 230 Å². The van der Waals surface area contributed by atoms with E-state index < -0.39 is 5.97 Å². The minimum absolute atomic E-state index is 0.267. The molecule has 192 valence electrons. The van der Waals surface area contributed by atoms with Crippen LogP contribution in [-0.2, 0) is 0 Å². The fourth-order valence-electron chi connectivity index (χ4n) is 5.19. The molecule has 0 atom stereocenters. The van der Waals surface area contributed by atoms with Gasteiger partial charge in [0.25, 0.3) is 0 Å². The van der Waals surface area contributed by atoms with Gasteiger partial charge in [0.2, 0.25) is 0 Å². The van der Waals surface area contributed by atoms with Gasteiger partial charge >= 0.3 is 5.97 Å². The number of aromatic nitrogens is 4. The number of carboxylic acid groups (broad SMARTS) is 1. The number of nitrogens with zero attached hydrogens (tertiary/aromatic N) is 2. The Kier molecular flexibility index (Phi) is 5.53. The van der Waals surface area contributed by atoms with Crippen LogP contribution < -0.4 is 0 Å². The van der Waals surface area contributed by atoms with E-state index in [1.165, 1.54) is 0 Å². The molecule has 3 aromatic heterocycles. The molecular formula is C34H24N4O2. The zero-order chi connectivity index (χ0) is 27.2. The van der Waals surface area contributed by atoms with Gasteiger partial charge in [-0.3, -0.25) is 0 Å². The summed E-state index contributed by atoms with van der Waals surface area (Å²) in [5.74, 6) is -0.935. The Hall–Kier alpha value is -5.49. The van der Waals surface area contributed by atoms with Gasteiger partial charge in [-0.25, -0.2) is 14.8 Å². The van der Waals surface area contributed by atoms with Crippen molar-refractivity contribution in [1.82, 2.24) is 19.9 Å². The standard InChI is InChI=1S/C34H24N4O2/c1-20-2-3-23(16-30(20)21-4-6-22(7-5-21)34(39)40)33-31-14-12-28(37-31)18-26-10-8-24(35-26)17-25-9-11-27(36-25)19-29-13-15-32(33)38-29/h2-19,35,38H,1H3,(H,39,40). The summed E-state index contributed by atoms with van der Waals surface area (Å²) in [4.78, 5) is 28.1. The summed E-state index contributed by atoms with van der Waals surface area (Å²) >= 11 is 0. The highest BCUT2D eigenvalue weighted by molar-refractivity contribution is 5.93. The third-order valence-electron chi connectivity index (χ3n) is 7.19. The molecule has 0 radical (unpaired) electrons. The number of carboxylic acids is 1. The van der Waals surface area contributed by atoms with Crippen molar-refractivity contribution in [3.8, 4) is 22.3 Å². The van der Waals surface area contributed by atoms with Crippen molar-refractivity contribution in [3.05, 3.63) is 119 Å². The van der Waals surface area contributed by atoms with Crippen LogP contribution in [0.25, 0.3) is 68.6 Å². The maximum absolute atomic E-state index is 11.4. The Balaban J connectivity index is 1.48. The van der Waals surface area contributed by atoms with E-state index >= 15 is 0 Å². The number of aryl methyl sites for hydroxylation is 1. The molecule has 2 aliphatic heterocycles. The maximum Gasteiger partial charge on any atom is 0.335 e. The second-order valence-electron chi connectivity index (χ2n) is 9.97. The summed E-state index contributed by atoms with van der Waals surface area (Å²) in [5, 5.41) is 9.33. The topological polar surface area (TPSA) is 94.7 Å². The lowest BCUT2D eigenvalue weighted by Gasteiger charge is -2.11. The largest absolute Gasteiger partial charge is 0.478 e. The summed E-state index contributed by atoms with van der Waals surface area (Å²) in [5.41, 5.74) is 12.7. The van der Waals surface area contributed by atoms with Crippen LogP contribution in [0.3, 0.4) is 0 Å². The molecule has 5 heterocycles. The van der Waals surface area contributed by atoms with Gasteiger partial charge in [-0.2, -0.15) is 0 Å². The van der Waals surface area contributed by atoms with Crippen molar-refractivity contribution in [2.24, 2.45) is 0 Å². The fourth-order valence-corrected chi connectivity index (χ4v) is 5.19. The monoisotopic (exact) mass is 520 g/mol. The van der Waals surface area contributed by atoms with Gasteiger partial charge in [0.05, 0.1) is 28.3 Å². The van der Waals surface area contributed by atoms with E-state index in [4.69, 9.17) is 9.97 Å². The first kappa shape index (κ1) is 23.6. The van der Waals surface area contributed by atoms with Crippen molar-refractivity contribution in [1.29, 1.82) is 0 Å². The molecule has 3 N–H and O–H groups in total. The maximum atomic E-state index is 11.4. The Bertz CT molecular complexity index is 2040. The molecule has 0 unspecified atom stereocenters. The molecule has 40 heavy (non-hydrogen) atoms. The van der Waals surface area contributed by atoms with Crippen molar-refractivity contribution in [2.45, 2.75) is 6.92 Å². The zero-order valence-corrected chi connectivity index (χ0v) is 21.6. The highest BCUT2D eigenvalue weighted by Crippen LogP contribution is 2.34. The van der Waals surface area contributed by atoms with Crippen LogP contribution >= 0.6 is 0 Å². The number of aromatic carboxylic acids is 1. The van der Waals surface area contributed by atoms with Crippen LogP contribution in [0.2, 0.25) is 0 Å². The van der Waals surface area contributed by atoms with E-state index in [1.807, 2.05) is 66.8 Å². The number of fused-ring (bicyclic) bond motifs is 8. The minimum atomic E-state index is -0.935. The number of hydrogen-bond acceptors (Lipinski definition) is 3. The quantitative estimate of drug-likeness (QED) is 0.220. The number of hydrogen-bond donors (Lipinski definition) is 3. The Morgan fingerprint density at radius 1 is 0.650 bits per heavy atom. The number of carbonyl (C=O) groups is 1. The number of aromatic amines is 2. The highest BCUT2D eigenvalue weighted by Gasteiger charge is 2.14. The Morgan fingerprint density at radius 3 is 1.95 bits per heavy atom. The predicted octanol–water partition coefficient (Wildman–Crippen LogP) is 8.00. The van der Waals surface area contributed by atoms with Crippen LogP contribution in [0.1, 0.15) is 38.7 Å². The summed E-state index contributed by atoms with van der Waals surface area (Å²) in [7, 11) is 0. The lowest BCUT2D eigenvalue weighted by Crippen LogP contribution is -1.95. The van der Waals surface area contributed by atoms with E-state index in [-0.39, 0.29) is 5.56 Å². The lowest BCUT2D eigenvalue weighted by atomic mass is 9.94. The molecule has 0 saturated heterocycles.